The van der Waals surface area contributed by atoms with Gasteiger partial charge in [-0.1, -0.05) is 42.5 Å². The van der Waals surface area contributed by atoms with E-state index < -0.39 is 0 Å². The molecule has 0 aliphatic carbocycles. The highest BCUT2D eigenvalue weighted by Gasteiger charge is 2.27. The maximum Gasteiger partial charge on any atom is 0.231 e. The first-order valence-electron chi connectivity index (χ1n) is 8.23. The lowest BCUT2D eigenvalue weighted by Crippen LogP contribution is -1.98. The number of rotatable bonds is 4. The highest BCUT2D eigenvalue weighted by molar-refractivity contribution is 6.14. The summed E-state index contributed by atoms with van der Waals surface area (Å²) in [5.74, 6) is 1.18. The average Bonchev–Trinajstić information content (AvgIpc) is 2.96. The van der Waals surface area contributed by atoms with Crippen molar-refractivity contribution in [3.8, 4) is 17.2 Å². The molecule has 1 heterocycles. The summed E-state index contributed by atoms with van der Waals surface area (Å²) in [5, 5.41) is 9.52. The highest BCUT2D eigenvalue weighted by Crippen LogP contribution is 2.34. The number of fused-ring (bicyclic) bond motifs is 1. The van der Waals surface area contributed by atoms with Crippen molar-refractivity contribution in [1.29, 1.82) is 0 Å². The predicted molar refractivity (Wildman–Crippen MR) is 98.3 cm³/mol. The van der Waals surface area contributed by atoms with Gasteiger partial charge in [-0.25, -0.2) is 0 Å². The number of ketones is 1. The molecule has 0 spiro atoms. The molecule has 0 saturated heterocycles. The Balaban J connectivity index is 1.52. The molecule has 1 aliphatic rings. The van der Waals surface area contributed by atoms with Crippen molar-refractivity contribution < 1.29 is 19.4 Å². The third kappa shape index (κ3) is 3.30. The van der Waals surface area contributed by atoms with Crippen molar-refractivity contribution in [2.45, 2.75) is 6.61 Å². The lowest BCUT2D eigenvalue weighted by molar-refractivity contribution is 0.101. The molecule has 0 aromatic heterocycles. The Bertz CT molecular complexity index is 990. The van der Waals surface area contributed by atoms with E-state index in [1.54, 1.807) is 12.1 Å². The summed E-state index contributed by atoms with van der Waals surface area (Å²) in [6.07, 6.45) is 1.68. The Morgan fingerprint density at radius 3 is 2.65 bits per heavy atom. The predicted octanol–water partition coefficient (Wildman–Crippen LogP) is 4.59. The number of phenolic OH excluding ortho intramolecular Hbond substituents is 1. The monoisotopic (exact) mass is 344 g/mol. The van der Waals surface area contributed by atoms with E-state index in [2.05, 4.69) is 0 Å². The molecule has 0 saturated carbocycles. The van der Waals surface area contributed by atoms with Gasteiger partial charge in [0, 0.05) is 6.07 Å². The second-order valence-electron chi connectivity index (χ2n) is 5.97. The summed E-state index contributed by atoms with van der Waals surface area (Å²) in [6, 6.07) is 21.9. The lowest BCUT2D eigenvalue weighted by atomic mass is 10.1. The van der Waals surface area contributed by atoms with E-state index in [9.17, 15) is 9.90 Å². The van der Waals surface area contributed by atoms with Gasteiger partial charge in [0.15, 0.2) is 5.76 Å². The second kappa shape index (κ2) is 6.76. The molecule has 26 heavy (non-hydrogen) atoms. The first-order valence-corrected chi connectivity index (χ1v) is 8.23. The third-order valence-electron chi connectivity index (χ3n) is 4.06. The van der Waals surface area contributed by atoms with Crippen LogP contribution >= 0.6 is 0 Å². The summed E-state index contributed by atoms with van der Waals surface area (Å²) in [6.45, 7) is 0.473. The maximum atomic E-state index is 12.4. The van der Waals surface area contributed by atoms with E-state index >= 15 is 0 Å². The number of hydrogen-bond donors (Lipinski definition) is 1. The molecule has 3 aromatic rings. The molecule has 4 rings (SSSR count). The van der Waals surface area contributed by atoms with E-state index in [1.807, 2.05) is 54.6 Å². The van der Waals surface area contributed by atoms with E-state index in [0.717, 1.165) is 11.1 Å². The Morgan fingerprint density at radius 1 is 0.962 bits per heavy atom. The smallest absolute Gasteiger partial charge is 0.231 e. The molecule has 0 amide bonds. The fraction of sp³-hybridized carbons (Fsp3) is 0.0455. The van der Waals surface area contributed by atoms with Crippen molar-refractivity contribution >= 4 is 11.9 Å². The summed E-state index contributed by atoms with van der Waals surface area (Å²) in [7, 11) is 0. The summed E-state index contributed by atoms with van der Waals surface area (Å²) < 4.78 is 11.4. The largest absolute Gasteiger partial charge is 0.508 e. The summed E-state index contributed by atoms with van der Waals surface area (Å²) in [5.41, 5.74) is 2.34. The van der Waals surface area contributed by atoms with Gasteiger partial charge in [0.2, 0.25) is 5.78 Å². The fourth-order valence-electron chi connectivity index (χ4n) is 2.76. The van der Waals surface area contributed by atoms with Crippen LogP contribution in [-0.4, -0.2) is 10.9 Å². The van der Waals surface area contributed by atoms with Crippen LogP contribution in [0.5, 0.6) is 17.2 Å². The molecule has 4 heteroatoms. The Kier molecular flexibility index (Phi) is 4.15. The molecule has 128 valence electrons. The maximum absolute atomic E-state index is 12.4. The SMILES string of the molecule is O=C1/C(=C/c2cccc(OCc3ccccc3)c2)Oc2cc(O)ccc21. The normalized spacial score (nSPS) is 14.2. The quantitative estimate of drug-likeness (QED) is 0.704. The summed E-state index contributed by atoms with van der Waals surface area (Å²) in [4.78, 5) is 12.4. The van der Waals surface area contributed by atoms with Crippen LogP contribution < -0.4 is 9.47 Å². The van der Waals surface area contributed by atoms with E-state index in [4.69, 9.17) is 9.47 Å². The van der Waals surface area contributed by atoms with Crippen molar-refractivity contribution in [3.63, 3.8) is 0 Å². The van der Waals surface area contributed by atoms with Gasteiger partial charge in [0.1, 0.15) is 23.9 Å². The van der Waals surface area contributed by atoms with Crippen LogP contribution in [0.3, 0.4) is 0 Å². The zero-order chi connectivity index (χ0) is 17.9. The van der Waals surface area contributed by atoms with Crippen LogP contribution in [-0.2, 0) is 6.61 Å². The van der Waals surface area contributed by atoms with Crippen molar-refractivity contribution in [2.75, 3.05) is 0 Å². The Morgan fingerprint density at radius 2 is 1.81 bits per heavy atom. The minimum Gasteiger partial charge on any atom is -0.508 e. The average molecular weight is 344 g/mol. The Labute approximate surface area is 150 Å². The molecule has 3 aromatic carbocycles. The van der Waals surface area contributed by atoms with Crippen LogP contribution in [0.1, 0.15) is 21.5 Å². The van der Waals surface area contributed by atoms with E-state index in [0.29, 0.717) is 23.7 Å². The van der Waals surface area contributed by atoms with Gasteiger partial charge < -0.3 is 14.6 Å². The molecule has 1 N–H and O–H groups in total. The number of benzene rings is 3. The zero-order valence-electron chi connectivity index (χ0n) is 13.9. The topological polar surface area (TPSA) is 55.8 Å². The minimum absolute atomic E-state index is 0.0640. The van der Waals surface area contributed by atoms with Crippen LogP contribution in [0.25, 0.3) is 6.08 Å². The van der Waals surface area contributed by atoms with E-state index in [1.165, 1.54) is 12.1 Å². The van der Waals surface area contributed by atoms with Gasteiger partial charge in [-0.2, -0.15) is 0 Å². The molecule has 0 unspecified atom stereocenters. The first-order chi connectivity index (χ1) is 12.7. The van der Waals surface area contributed by atoms with Crippen LogP contribution in [0.2, 0.25) is 0 Å². The van der Waals surface area contributed by atoms with Gasteiger partial charge >= 0.3 is 0 Å². The molecule has 4 nitrogen and oxygen atoms in total. The van der Waals surface area contributed by atoms with Crippen molar-refractivity contribution in [1.82, 2.24) is 0 Å². The van der Waals surface area contributed by atoms with Crippen LogP contribution in [0.4, 0.5) is 0 Å². The van der Waals surface area contributed by atoms with Crippen LogP contribution in [0, 0.1) is 0 Å². The number of ether oxygens (including phenoxy) is 2. The number of carbonyl (C=O) groups excluding carboxylic acids is 1. The van der Waals surface area contributed by atoms with E-state index in [-0.39, 0.29) is 17.3 Å². The highest BCUT2D eigenvalue weighted by atomic mass is 16.5. The number of carbonyl (C=O) groups is 1. The molecule has 1 aliphatic heterocycles. The fourth-order valence-corrected chi connectivity index (χ4v) is 2.76. The number of phenols is 1. The van der Waals surface area contributed by atoms with Crippen LogP contribution in [0.15, 0.2) is 78.6 Å². The number of Topliss-reactive ketones (excluding diaryl/α,β-unsaturated/α-hetero) is 1. The van der Waals surface area contributed by atoms with Gasteiger partial charge in [-0.05, 0) is 41.5 Å². The number of allylic oxidation sites excluding steroid dienone is 1. The molecule has 0 radical (unpaired) electrons. The number of aromatic hydroxyl groups is 1. The molecule has 0 bridgehead atoms. The molecule has 0 fully saturated rings. The van der Waals surface area contributed by atoms with Gasteiger partial charge in [-0.3, -0.25) is 4.79 Å². The van der Waals surface area contributed by atoms with Crippen molar-refractivity contribution in [3.05, 3.63) is 95.2 Å². The number of hydrogen-bond acceptors (Lipinski definition) is 4. The van der Waals surface area contributed by atoms with Gasteiger partial charge in [0.05, 0.1) is 5.56 Å². The molecular weight excluding hydrogens is 328 g/mol. The zero-order valence-corrected chi connectivity index (χ0v) is 13.9. The van der Waals surface area contributed by atoms with Gasteiger partial charge in [-0.15, -0.1) is 0 Å². The van der Waals surface area contributed by atoms with Crippen molar-refractivity contribution in [2.24, 2.45) is 0 Å². The first kappa shape index (κ1) is 16.0. The second-order valence-corrected chi connectivity index (χ2v) is 5.97. The lowest BCUT2D eigenvalue weighted by Gasteiger charge is -2.07. The minimum atomic E-state index is -0.199. The van der Waals surface area contributed by atoms with Gasteiger partial charge in [0.25, 0.3) is 0 Å². The summed E-state index contributed by atoms with van der Waals surface area (Å²) >= 11 is 0. The molecule has 0 atom stereocenters. The standard InChI is InChI=1S/C22H16O4/c23-17-9-10-19-20(13-17)26-21(22(19)24)12-16-7-4-8-18(11-16)25-14-15-5-2-1-3-6-15/h1-13,23H,14H2/b21-12-. The molecular formula is C22H16O4. The Hall–Kier alpha value is -3.53. The third-order valence-corrected chi connectivity index (χ3v) is 4.06.